The molecule has 0 saturated carbocycles. The molecule has 1 amide bonds. The van der Waals surface area contributed by atoms with Gasteiger partial charge in [0, 0.05) is 6.54 Å². The zero-order valence-electron chi connectivity index (χ0n) is 12.6. The first-order valence-corrected chi connectivity index (χ1v) is 7.24. The van der Waals surface area contributed by atoms with E-state index in [2.05, 4.69) is 25.4 Å². The molecule has 0 radical (unpaired) electrons. The number of aromatic amines is 1. The molecule has 124 valence electrons. The first-order chi connectivity index (χ1) is 10.2. The maximum absolute atomic E-state index is 12.4. The number of amides is 1. The number of H-pyrrole nitrogens is 1. The van der Waals surface area contributed by atoms with Crippen LogP contribution in [0.1, 0.15) is 38.3 Å². The molecule has 1 aliphatic heterocycles. The standard InChI is InChI=1S/C13H20F3N5O/c1-3-21-6-4-5-12(2,8-21)11(22)17-7-9-18-10(20-19-9)13(14,15)16/h3-8H2,1-2H3,(H,17,22)(H,18,19,20)/t12-/m0/s1. The van der Waals surface area contributed by atoms with Gasteiger partial charge in [-0.2, -0.15) is 13.2 Å². The number of likely N-dealkylation sites (tertiary alicyclic amines) is 1. The highest BCUT2D eigenvalue weighted by molar-refractivity contribution is 5.82. The van der Waals surface area contributed by atoms with Crippen molar-refractivity contribution < 1.29 is 18.0 Å². The molecule has 2 N–H and O–H groups in total. The molecule has 1 aromatic heterocycles. The fourth-order valence-electron chi connectivity index (χ4n) is 2.68. The third-order valence-electron chi connectivity index (χ3n) is 3.97. The number of rotatable bonds is 4. The zero-order valence-corrected chi connectivity index (χ0v) is 12.6. The molecule has 0 unspecified atom stereocenters. The average Bonchev–Trinajstić information content (AvgIpc) is 2.93. The Kier molecular flexibility index (Phi) is 4.74. The molecule has 6 nitrogen and oxygen atoms in total. The zero-order chi connectivity index (χ0) is 16.4. The molecule has 1 aromatic rings. The second-order valence-electron chi connectivity index (χ2n) is 5.82. The molecule has 22 heavy (non-hydrogen) atoms. The Balaban J connectivity index is 1.93. The molecule has 0 aromatic carbocycles. The van der Waals surface area contributed by atoms with Gasteiger partial charge in [0.1, 0.15) is 5.82 Å². The predicted octanol–water partition coefficient (Wildman–Crippen LogP) is 1.56. The normalized spacial score (nSPS) is 23.5. The van der Waals surface area contributed by atoms with Crippen LogP contribution >= 0.6 is 0 Å². The SMILES string of the molecule is CCN1CCC[C@](C)(C(=O)NCc2nc(C(F)(F)F)n[nH]2)C1. The molecule has 1 fully saturated rings. The van der Waals surface area contributed by atoms with Crippen LogP contribution in [-0.4, -0.2) is 45.6 Å². The second-order valence-corrected chi connectivity index (χ2v) is 5.82. The van der Waals surface area contributed by atoms with E-state index >= 15 is 0 Å². The molecule has 2 heterocycles. The average molecular weight is 319 g/mol. The first kappa shape index (κ1) is 16.7. The van der Waals surface area contributed by atoms with Crippen molar-refractivity contribution in [2.45, 2.75) is 39.4 Å². The third-order valence-corrected chi connectivity index (χ3v) is 3.97. The maximum Gasteiger partial charge on any atom is 0.453 e. The summed E-state index contributed by atoms with van der Waals surface area (Å²) >= 11 is 0. The van der Waals surface area contributed by atoms with Crippen molar-refractivity contribution in [3.63, 3.8) is 0 Å². The number of piperidine rings is 1. The van der Waals surface area contributed by atoms with Gasteiger partial charge in [-0.15, -0.1) is 5.10 Å². The fourth-order valence-corrected chi connectivity index (χ4v) is 2.68. The van der Waals surface area contributed by atoms with Gasteiger partial charge in [-0.25, -0.2) is 4.98 Å². The van der Waals surface area contributed by atoms with Gasteiger partial charge in [-0.3, -0.25) is 9.89 Å². The Morgan fingerprint density at radius 2 is 2.23 bits per heavy atom. The van der Waals surface area contributed by atoms with Crippen molar-refractivity contribution in [2.24, 2.45) is 5.41 Å². The van der Waals surface area contributed by atoms with E-state index in [9.17, 15) is 18.0 Å². The lowest BCUT2D eigenvalue weighted by Gasteiger charge is -2.38. The Bertz CT molecular complexity index is 530. The van der Waals surface area contributed by atoms with E-state index in [1.807, 2.05) is 13.8 Å². The van der Waals surface area contributed by atoms with Crippen molar-refractivity contribution in [1.82, 2.24) is 25.4 Å². The van der Waals surface area contributed by atoms with E-state index in [4.69, 9.17) is 0 Å². The van der Waals surface area contributed by atoms with Gasteiger partial charge in [0.05, 0.1) is 12.0 Å². The monoisotopic (exact) mass is 319 g/mol. The van der Waals surface area contributed by atoms with Crippen LogP contribution in [0.25, 0.3) is 0 Å². The van der Waals surface area contributed by atoms with Crippen LogP contribution in [0.15, 0.2) is 0 Å². The molecule has 9 heteroatoms. The predicted molar refractivity (Wildman–Crippen MR) is 72.7 cm³/mol. The number of aromatic nitrogens is 3. The number of nitrogens with one attached hydrogen (secondary N) is 2. The van der Waals surface area contributed by atoms with Gasteiger partial charge in [0.25, 0.3) is 5.82 Å². The van der Waals surface area contributed by atoms with Crippen molar-refractivity contribution in [3.05, 3.63) is 11.6 Å². The van der Waals surface area contributed by atoms with Crippen LogP contribution in [0, 0.1) is 5.41 Å². The summed E-state index contributed by atoms with van der Waals surface area (Å²) in [6.07, 6.45) is -2.90. The van der Waals surface area contributed by atoms with Gasteiger partial charge in [0.15, 0.2) is 0 Å². The molecule has 1 atom stereocenters. The Hall–Kier alpha value is -1.64. The van der Waals surface area contributed by atoms with Crippen LogP contribution in [0.3, 0.4) is 0 Å². The van der Waals surface area contributed by atoms with Gasteiger partial charge < -0.3 is 10.2 Å². The first-order valence-electron chi connectivity index (χ1n) is 7.24. The summed E-state index contributed by atoms with van der Waals surface area (Å²) in [5.41, 5.74) is -0.527. The largest absolute Gasteiger partial charge is 0.453 e. The quantitative estimate of drug-likeness (QED) is 0.883. The second kappa shape index (κ2) is 6.23. The van der Waals surface area contributed by atoms with Crippen LogP contribution < -0.4 is 5.32 Å². The highest BCUT2D eigenvalue weighted by atomic mass is 19.4. The van der Waals surface area contributed by atoms with Crippen LogP contribution in [0.5, 0.6) is 0 Å². The molecule has 1 saturated heterocycles. The number of nitrogens with zero attached hydrogens (tertiary/aromatic N) is 3. The van der Waals surface area contributed by atoms with Gasteiger partial charge in [-0.1, -0.05) is 6.92 Å². The Labute approximate surface area is 126 Å². The third kappa shape index (κ3) is 3.76. The number of carbonyl (C=O) groups is 1. The number of carbonyl (C=O) groups excluding carboxylic acids is 1. The van der Waals surface area contributed by atoms with Crippen molar-refractivity contribution in [1.29, 1.82) is 0 Å². The smallest absolute Gasteiger partial charge is 0.348 e. The molecule has 1 aliphatic rings. The molecule has 0 aliphatic carbocycles. The van der Waals surface area contributed by atoms with E-state index in [0.717, 1.165) is 25.9 Å². The summed E-state index contributed by atoms with van der Waals surface area (Å²) in [7, 11) is 0. The van der Waals surface area contributed by atoms with Crippen LogP contribution in [0.4, 0.5) is 13.2 Å². The summed E-state index contributed by atoms with van der Waals surface area (Å²) < 4.78 is 37.2. The summed E-state index contributed by atoms with van der Waals surface area (Å²) in [6.45, 7) is 6.32. The van der Waals surface area contributed by atoms with E-state index in [1.165, 1.54) is 0 Å². The van der Waals surface area contributed by atoms with Gasteiger partial charge in [0.2, 0.25) is 5.91 Å². The molecular weight excluding hydrogens is 299 g/mol. The van der Waals surface area contributed by atoms with Crippen LogP contribution in [-0.2, 0) is 17.5 Å². The lowest BCUT2D eigenvalue weighted by molar-refractivity contribution is -0.144. The minimum Gasteiger partial charge on any atom is -0.348 e. The van der Waals surface area contributed by atoms with Crippen molar-refractivity contribution in [2.75, 3.05) is 19.6 Å². The van der Waals surface area contributed by atoms with E-state index < -0.39 is 17.4 Å². The maximum atomic E-state index is 12.4. The highest BCUT2D eigenvalue weighted by Crippen LogP contribution is 2.29. The number of hydrogen-bond acceptors (Lipinski definition) is 4. The lowest BCUT2D eigenvalue weighted by Crippen LogP contribution is -2.50. The summed E-state index contributed by atoms with van der Waals surface area (Å²) in [6, 6.07) is 0. The van der Waals surface area contributed by atoms with E-state index in [0.29, 0.717) is 6.54 Å². The summed E-state index contributed by atoms with van der Waals surface area (Å²) in [4.78, 5) is 17.9. The molecular formula is C13H20F3N5O. The topological polar surface area (TPSA) is 73.9 Å². The number of halogens is 3. The molecule has 2 rings (SSSR count). The lowest BCUT2D eigenvalue weighted by atomic mass is 9.81. The Morgan fingerprint density at radius 1 is 1.50 bits per heavy atom. The van der Waals surface area contributed by atoms with Gasteiger partial charge in [-0.05, 0) is 32.9 Å². The number of hydrogen-bond donors (Lipinski definition) is 2. The summed E-state index contributed by atoms with van der Waals surface area (Å²) in [5.74, 6) is -1.40. The fraction of sp³-hybridized carbons (Fsp3) is 0.769. The highest BCUT2D eigenvalue weighted by Gasteiger charge is 2.38. The molecule has 0 bridgehead atoms. The molecule has 0 spiro atoms. The van der Waals surface area contributed by atoms with E-state index in [-0.39, 0.29) is 18.3 Å². The number of alkyl halides is 3. The van der Waals surface area contributed by atoms with Gasteiger partial charge >= 0.3 is 6.18 Å². The van der Waals surface area contributed by atoms with E-state index in [1.54, 1.807) is 0 Å². The van der Waals surface area contributed by atoms with Crippen LogP contribution in [0.2, 0.25) is 0 Å². The minimum atomic E-state index is -4.59. The summed E-state index contributed by atoms with van der Waals surface area (Å²) in [5, 5.41) is 7.95. The Morgan fingerprint density at radius 3 is 2.82 bits per heavy atom. The minimum absolute atomic E-state index is 0.00701. The van der Waals surface area contributed by atoms with Crippen molar-refractivity contribution in [3.8, 4) is 0 Å². The van der Waals surface area contributed by atoms with Crippen molar-refractivity contribution >= 4 is 5.91 Å².